The van der Waals surface area contributed by atoms with Crippen molar-refractivity contribution in [1.29, 1.82) is 0 Å². The van der Waals surface area contributed by atoms with Crippen LogP contribution in [0.2, 0.25) is 0 Å². The number of carbonyl (C=O) groups is 4. The van der Waals surface area contributed by atoms with E-state index in [9.17, 15) is 19.2 Å². The molecule has 0 aromatic heterocycles. The molecule has 3 fully saturated rings. The van der Waals surface area contributed by atoms with Crippen LogP contribution in [-0.4, -0.2) is 35.0 Å². The lowest BCUT2D eigenvalue weighted by molar-refractivity contribution is -0.195. The van der Waals surface area contributed by atoms with Crippen LogP contribution in [0.15, 0.2) is 42.0 Å². The number of benzene rings is 1. The summed E-state index contributed by atoms with van der Waals surface area (Å²) in [4.78, 5) is 50.8. The molecule has 4 atom stereocenters. The molecule has 2 saturated heterocycles. The molecule has 7 nitrogen and oxygen atoms in total. The maximum absolute atomic E-state index is 13.0. The molecule has 1 N–H and O–H groups in total. The summed E-state index contributed by atoms with van der Waals surface area (Å²) in [7, 11) is 0. The van der Waals surface area contributed by atoms with Crippen LogP contribution in [0.5, 0.6) is 0 Å². The molecule has 1 saturated carbocycles. The lowest BCUT2D eigenvalue weighted by atomic mass is 9.56. The highest BCUT2D eigenvalue weighted by atomic mass is 16.6. The average Bonchev–Trinajstić information content (AvgIpc) is 2.99. The molecule has 27 heavy (non-hydrogen) atoms. The minimum atomic E-state index is -1.71. The zero-order valence-electron chi connectivity index (χ0n) is 14.4. The Balaban J connectivity index is 1.65. The van der Waals surface area contributed by atoms with Crippen LogP contribution < -0.4 is 5.32 Å². The maximum Gasteiger partial charge on any atom is 0.337 e. The second-order valence-corrected chi connectivity index (χ2v) is 7.54. The predicted molar refractivity (Wildman–Crippen MR) is 90.1 cm³/mol. The molecule has 3 aliphatic heterocycles. The molecule has 7 heteroatoms. The summed E-state index contributed by atoms with van der Waals surface area (Å²) >= 11 is 0. The quantitative estimate of drug-likeness (QED) is 0.480. The van der Waals surface area contributed by atoms with Crippen LogP contribution in [-0.2, 0) is 23.9 Å². The van der Waals surface area contributed by atoms with Gasteiger partial charge in [0, 0.05) is 5.56 Å². The summed E-state index contributed by atoms with van der Waals surface area (Å²) in [5, 5.41) is 2.70. The van der Waals surface area contributed by atoms with Crippen LogP contribution in [0.4, 0.5) is 0 Å². The third-order valence-electron chi connectivity index (χ3n) is 6.19. The van der Waals surface area contributed by atoms with E-state index in [1.165, 1.54) is 0 Å². The molecule has 1 amide bonds. The van der Waals surface area contributed by atoms with Crippen LogP contribution >= 0.6 is 0 Å². The first-order chi connectivity index (χ1) is 13.0. The lowest BCUT2D eigenvalue weighted by Gasteiger charge is -2.56. The average molecular weight is 367 g/mol. The highest BCUT2D eigenvalue weighted by Gasteiger charge is 2.75. The van der Waals surface area contributed by atoms with Gasteiger partial charge in [0.25, 0.3) is 5.91 Å². The SMILES string of the molecule is O=C(NC12C=C3CCCCC3(OC1=O)C1C(=O)OC(=O)C12)c1ccccc1. The minimum Gasteiger partial charge on any atom is -0.452 e. The van der Waals surface area contributed by atoms with Crippen molar-refractivity contribution in [3.63, 3.8) is 0 Å². The standard InChI is InChI=1S/C20H17NO6/c22-15(11-6-2-1-3-7-11)21-19-10-12-8-4-5-9-20(12,27-18(19)25)14-13(19)16(23)26-17(14)24/h1-3,6-7,10,13-14H,4-5,8-9H2,(H,21,22). The van der Waals surface area contributed by atoms with Gasteiger partial charge in [-0.3, -0.25) is 14.4 Å². The number of carbonyl (C=O) groups excluding carboxylic acids is 4. The van der Waals surface area contributed by atoms with E-state index < -0.39 is 46.8 Å². The molecule has 4 unspecified atom stereocenters. The van der Waals surface area contributed by atoms with E-state index in [0.29, 0.717) is 18.4 Å². The van der Waals surface area contributed by atoms with Gasteiger partial charge in [-0.25, -0.2) is 4.79 Å². The molecule has 0 radical (unpaired) electrons. The number of fused-ring (bicyclic) bond motifs is 1. The first-order valence-corrected chi connectivity index (χ1v) is 9.07. The fourth-order valence-corrected chi connectivity index (χ4v) is 5.03. The van der Waals surface area contributed by atoms with Crippen molar-refractivity contribution in [2.45, 2.75) is 36.8 Å². The van der Waals surface area contributed by atoms with Gasteiger partial charge in [-0.2, -0.15) is 0 Å². The number of nitrogens with one attached hydrogen (secondary N) is 1. The third kappa shape index (κ3) is 1.97. The smallest absolute Gasteiger partial charge is 0.337 e. The van der Waals surface area contributed by atoms with E-state index >= 15 is 0 Å². The Labute approximate surface area is 154 Å². The number of amides is 1. The van der Waals surface area contributed by atoms with Gasteiger partial charge in [-0.1, -0.05) is 18.2 Å². The second-order valence-electron chi connectivity index (χ2n) is 7.54. The van der Waals surface area contributed by atoms with Crippen molar-refractivity contribution in [3.05, 3.63) is 47.5 Å². The number of ether oxygens (including phenoxy) is 2. The number of cyclic esters (lactones) is 2. The van der Waals surface area contributed by atoms with E-state index in [4.69, 9.17) is 9.47 Å². The van der Waals surface area contributed by atoms with Crippen molar-refractivity contribution in [3.8, 4) is 0 Å². The van der Waals surface area contributed by atoms with Crippen molar-refractivity contribution in [2.24, 2.45) is 11.8 Å². The van der Waals surface area contributed by atoms with Crippen LogP contribution in [0.3, 0.4) is 0 Å². The normalized spacial score (nSPS) is 36.3. The van der Waals surface area contributed by atoms with Gasteiger partial charge in [0.2, 0.25) is 0 Å². The van der Waals surface area contributed by atoms with Crippen molar-refractivity contribution >= 4 is 23.8 Å². The zero-order valence-corrected chi connectivity index (χ0v) is 14.4. The maximum atomic E-state index is 13.0. The molecule has 2 bridgehead atoms. The fraction of sp³-hybridized carbons (Fsp3) is 0.400. The van der Waals surface area contributed by atoms with Gasteiger partial charge in [0.05, 0.1) is 0 Å². The number of hydrogen-bond acceptors (Lipinski definition) is 6. The zero-order chi connectivity index (χ0) is 18.8. The van der Waals surface area contributed by atoms with Crippen LogP contribution in [0.25, 0.3) is 0 Å². The molecule has 6 rings (SSSR count). The highest BCUT2D eigenvalue weighted by Crippen LogP contribution is 2.58. The Kier molecular flexibility index (Phi) is 3.17. The Hall–Kier alpha value is -2.96. The van der Waals surface area contributed by atoms with Gasteiger partial charge in [-0.15, -0.1) is 0 Å². The molecule has 2 aliphatic carbocycles. The Morgan fingerprint density at radius 2 is 1.78 bits per heavy atom. The Morgan fingerprint density at radius 1 is 1.04 bits per heavy atom. The molecule has 1 aromatic carbocycles. The van der Waals surface area contributed by atoms with Gasteiger partial charge in [0.1, 0.15) is 17.4 Å². The van der Waals surface area contributed by atoms with E-state index in [0.717, 1.165) is 18.4 Å². The van der Waals surface area contributed by atoms with Gasteiger partial charge >= 0.3 is 17.9 Å². The summed E-state index contributed by atoms with van der Waals surface area (Å²) in [5.41, 5.74) is -1.68. The molecule has 1 aromatic rings. The minimum absolute atomic E-state index is 0.346. The second kappa shape index (κ2) is 5.28. The van der Waals surface area contributed by atoms with Gasteiger partial charge in [0.15, 0.2) is 5.54 Å². The Bertz CT molecular complexity index is 922. The van der Waals surface area contributed by atoms with Crippen LogP contribution in [0, 0.1) is 11.8 Å². The largest absolute Gasteiger partial charge is 0.452 e. The molecule has 5 aliphatic rings. The highest BCUT2D eigenvalue weighted by molar-refractivity contribution is 6.08. The first kappa shape index (κ1) is 16.2. The summed E-state index contributed by atoms with van der Waals surface area (Å²) in [6.07, 6.45) is 4.48. The summed E-state index contributed by atoms with van der Waals surface area (Å²) in [5.74, 6) is -4.68. The summed E-state index contributed by atoms with van der Waals surface area (Å²) in [6, 6.07) is 8.39. The summed E-state index contributed by atoms with van der Waals surface area (Å²) in [6.45, 7) is 0. The third-order valence-corrected chi connectivity index (χ3v) is 6.19. The number of rotatable bonds is 2. The first-order valence-electron chi connectivity index (χ1n) is 9.07. The molecular formula is C20H17NO6. The molecular weight excluding hydrogens is 350 g/mol. The molecule has 1 spiro atoms. The van der Waals surface area contributed by atoms with E-state index in [2.05, 4.69) is 5.32 Å². The van der Waals surface area contributed by atoms with Crippen molar-refractivity contribution in [1.82, 2.24) is 5.32 Å². The number of esters is 3. The Morgan fingerprint density at radius 3 is 2.56 bits per heavy atom. The predicted octanol–water partition coefficient (Wildman–Crippen LogP) is 1.28. The van der Waals surface area contributed by atoms with Crippen molar-refractivity contribution in [2.75, 3.05) is 0 Å². The molecule has 138 valence electrons. The molecule has 3 heterocycles. The van der Waals surface area contributed by atoms with E-state index in [1.54, 1.807) is 36.4 Å². The van der Waals surface area contributed by atoms with Crippen molar-refractivity contribution < 1.29 is 28.7 Å². The lowest BCUT2D eigenvalue weighted by Crippen LogP contribution is -2.74. The van der Waals surface area contributed by atoms with Crippen LogP contribution in [0.1, 0.15) is 36.0 Å². The van der Waals surface area contributed by atoms with Gasteiger partial charge < -0.3 is 14.8 Å². The monoisotopic (exact) mass is 367 g/mol. The number of hydrogen-bond donors (Lipinski definition) is 1. The fourth-order valence-electron chi connectivity index (χ4n) is 5.03. The topological polar surface area (TPSA) is 98.8 Å². The summed E-state index contributed by atoms with van der Waals surface area (Å²) < 4.78 is 10.7. The van der Waals surface area contributed by atoms with E-state index in [-0.39, 0.29) is 0 Å². The van der Waals surface area contributed by atoms with E-state index in [1.807, 2.05) is 0 Å². The van der Waals surface area contributed by atoms with Gasteiger partial charge in [-0.05, 0) is 49.5 Å².